The number of methoxy groups -OCH3 is 1. The number of carbonyl (C=O) groups excluding carboxylic acids is 1. The molecule has 1 aliphatic rings. The minimum absolute atomic E-state index is 0.0655. The Kier molecular flexibility index (Phi) is 4.43. The Bertz CT molecular complexity index is 1010. The average Bonchev–Trinajstić information content (AvgIpc) is 2.71. The van der Waals surface area contributed by atoms with E-state index in [-0.39, 0.29) is 12.5 Å². The highest BCUT2D eigenvalue weighted by Crippen LogP contribution is 2.34. The molecule has 2 heterocycles. The van der Waals surface area contributed by atoms with Gasteiger partial charge in [0.05, 0.1) is 18.5 Å². The van der Waals surface area contributed by atoms with Gasteiger partial charge in [-0.05, 0) is 36.4 Å². The minimum atomic E-state index is -0.0746. The fourth-order valence-electron chi connectivity index (χ4n) is 2.92. The lowest BCUT2D eigenvalue weighted by atomic mass is 10.1. The van der Waals surface area contributed by atoms with Crippen LogP contribution in [-0.2, 0) is 4.79 Å². The van der Waals surface area contributed by atoms with Crippen LogP contribution in [0.3, 0.4) is 0 Å². The van der Waals surface area contributed by atoms with Gasteiger partial charge < -0.3 is 14.4 Å². The number of nitrogens with two attached hydrogens (primary N) is 1. The van der Waals surface area contributed by atoms with Crippen molar-refractivity contribution in [3.05, 3.63) is 54.7 Å². The molecule has 136 valence electrons. The third-order valence-electron chi connectivity index (χ3n) is 4.41. The van der Waals surface area contributed by atoms with Gasteiger partial charge in [0.1, 0.15) is 17.2 Å². The van der Waals surface area contributed by atoms with Crippen molar-refractivity contribution >= 4 is 23.2 Å². The van der Waals surface area contributed by atoms with Crippen molar-refractivity contribution in [2.75, 3.05) is 25.7 Å². The molecule has 0 fully saturated rings. The van der Waals surface area contributed by atoms with Crippen LogP contribution in [0, 0.1) is 0 Å². The number of quaternary nitrogens is 1. The number of hydrogen-bond donors (Lipinski definition) is 1. The maximum absolute atomic E-state index is 11.9. The minimum Gasteiger partial charge on any atom is -0.497 e. The van der Waals surface area contributed by atoms with Crippen molar-refractivity contribution in [3.8, 4) is 22.8 Å². The molecule has 0 bridgehead atoms. The predicted molar refractivity (Wildman–Crippen MR) is 101 cm³/mol. The van der Waals surface area contributed by atoms with Crippen molar-refractivity contribution in [1.82, 2.24) is 9.97 Å². The Morgan fingerprint density at radius 2 is 2.07 bits per heavy atom. The van der Waals surface area contributed by atoms with E-state index >= 15 is 0 Å². The summed E-state index contributed by atoms with van der Waals surface area (Å²) < 4.78 is 10.7. The molecule has 0 spiro atoms. The number of likely N-dealkylation sites (N-methyl/N-ethyl adjacent to an activating group) is 1. The van der Waals surface area contributed by atoms with Gasteiger partial charge >= 0.3 is 5.95 Å². The van der Waals surface area contributed by atoms with Crippen LogP contribution < -0.4 is 19.7 Å². The highest BCUT2D eigenvalue weighted by molar-refractivity contribution is 5.98. The second kappa shape index (κ2) is 7.05. The summed E-state index contributed by atoms with van der Waals surface area (Å²) in [5.74, 6) is 1.99. The quantitative estimate of drug-likeness (QED) is 0.718. The summed E-state index contributed by atoms with van der Waals surface area (Å²) in [5, 5.41) is 1.89. The Morgan fingerprint density at radius 1 is 1.19 bits per heavy atom. The number of ether oxygens (including phenoxy) is 2. The van der Waals surface area contributed by atoms with Crippen LogP contribution in [0.2, 0.25) is 0 Å². The first-order chi connectivity index (χ1) is 13.1. The molecule has 0 radical (unpaired) electrons. The zero-order valence-electron chi connectivity index (χ0n) is 15.0. The average molecular weight is 363 g/mol. The van der Waals surface area contributed by atoms with E-state index in [2.05, 4.69) is 9.97 Å². The SMILES string of the molecule is COc1cccc([NH2+]c2nccc(-c3ccc4c(c3)N(C)C(=O)CO4)n2)c1. The lowest BCUT2D eigenvalue weighted by Crippen LogP contribution is -2.72. The van der Waals surface area contributed by atoms with E-state index in [9.17, 15) is 4.79 Å². The summed E-state index contributed by atoms with van der Waals surface area (Å²) in [6.45, 7) is 0.0655. The van der Waals surface area contributed by atoms with E-state index < -0.39 is 0 Å². The smallest absolute Gasteiger partial charge is 0.331 e. The molecular formula is C20H19N4O3+. The molecule has 2 N–H and O–H groups in total. The van der Waals surface area contributed by atoms with Crippen LogP contribution in [-0.4, -0.2) is 36.6 Å². The molecule has 2 aromatic carbocycles. The molecular weight excluding hydrogens is 344 g/mol. The molecule has 27 heavy (non-hydrogen) atoms. The van der Waals surface area contributed by atoms with Crippen molar-refractivity contribution in [3.63, 3.8) is 0 Å². The number of rotatable bonds is 4. The van der Waals surface area contributed by atoms with E-state index in [1.807, 2.05) is 53.8 Å². The van der Waals surface area contributed by atoms with Gasteiger partial charge in [0.2, 0.25) is 0 Å². The molecule has 0 aliphatic carbocycles. The van der Waals surface area contributed by atoms with Crippen molar-refractivity contribution in [2.24, 2.45) is 0 Å². The zero-order chi connectivity index (χ0) is 18.8. The molecule has 0 saturated carbocycles. The summed E-state index contributed by atoms with van der Waals surface area (Å²) in [6, 6.07) is 15.2. The van der Waals surface area contributed by atoms with Crippen LogP contribution in [0.25, 0.3) is 11.3 Å². The molecule has 4 rings (SSSR count). The van der Waals surface area contributed by atoms with E-state index in [0.717, 1.165) is 28.4 Å². The normalized spacial score (nSPS) is 13.1. The molecule has 3 aromatic rings. The van der Waals surface area contributed by atoms with Gasteiger partial charge in [-0.3, -0.25) is 4.79 Å². The first-order valence-corrected chi connectivity index (χ1v) is 8.50. The maximum atomic E-state index is 11.9. The number of anilines is 1. The monoisotopic (exact) mass is 363 g/mol. The van der Waals surface area contributed by atoms with E-state index in [1.165, 1.54) is 0 Å². The Hall–Kier alpha value is -3.45. The zero-order valence-corrected chi connectivity index (χ0v) is 15.0. The number of hydrogen-bond acceptors (Lipinski definition) is 5. The number of benzene rings is 2. The van der Waals surface area contributed by atoms with Crippen LogP contribution in [0.5, 0.6) is 11.5 Å². The van der Waals surface area contributed by atoms with Crippen LogP contribution >= 0.6 is 0 Å². The van der Waals surface area contributed by atoms with Crippen molar-refractivity contribution in [1.29, 1.82) is 0 Å². The summed E-state index contributed by atoms with van der Waals surface area (Å²) in [6.07, 6.45) is 1.72. The van der Waals surface area contributed by atoms with E-state index in [0.29, 0.717) is 11.7 Å². The Balaban J connectivity index is 1.64. The Labute approximate surface area is 156 Å². The largest absolute Gasteiger partial charge is 0.497 e. The molecule has 7 nitrogen and oxygen atoms in total. The highest BCUT2D eigenvalue weighted by Gasteiger charge is 2.22. The topological polar surface area (TPSA) is 81.2 Å². The first kappa shape index (κ1) is 17.0. The molecule has 1 aliphatic heterocycles. The summed E-state index contributed by atoms with van der Waals surface area (Å²) in [4.78, 5) is 22.4. The second-order valence-corrected chi connectivity index (χ2v) is 6.14. The van der Waals surface area contributed by atoms with Gasteiger partial charge in [-0.15, -0.1) is 0 Å². The molecule has 1 aromatic heterocycles. The van der Waals surface area contributed by atoms with Gasteiger partial charge in [-0.25, -0.2) is 5.32 Å². The summed E-state index contributed by atoms with van der Waals surface area (Å²) >= 11 is 0. The van der Waals surface area contributed by atoms with E-state index in [1.54, 1.807) is 25.3 Å². The van der Waals surface area contributed by atoms with Gasteiger partial charge in [0.15, 0.2) is 6.61 Å². The van der Waals surface area contributed by atoms with Gasteiger partial charge in [-0.2, -0.15) is 9.97 Å². The molecule has 7 heteroatoms. The van der Waals surface area contributed by atoms with Crippen LogP contribution in [0.1, 0.15) is 0 Å². The number of aromatic nitrogens is 2. The van der Waals surface area contributed by atoms with Gasteiger partial charge in [-0.1, -0.05) is 6.07 Å². The first-order valence-electron chi connectivity index (χ1n) is 8.50. The van der Waals surface area contributed by atoms with Gasteiger partial charge in [0, 0.05) is 24.9 Å². The number of nitrogens with zero attached hydrogens (tertiary/aromatic N) is 3. The molecule has 0 unspecified atom stereocenters. The second-order valence-electron chi connectivity index (χ2n) is 6.14. The number of fused-ring (bicyclic) bond motifs is 1. The number of amides is 1. The van der Waals surface area contributed by atoms with E-state index in [4.69, 9.17) is 9.47 Å². The summed E-state index contributed by atoms with van der Waals surface area (Å²) in [5.41, 5.74) is 3.35. The fraction of sp³-hybridized carbons (Fsp3) is 0.150. The number of carbonyl (C=O) groups is 1. The van der Waals surface area contributed by atoms with Crippen molar-refractivity contribution in [2.45, 2.75) is 0 Å². The van der Waals surface area contributed by atoms with Crippen LogP contribution in [0.15, 0.2) is 54.7 Å². The maximum Gasteiger partial charge on any atom is 0.331 e. The standard InChI is InChI=1S/C20H18N4O3/c1-24-17-10-13(6-7-18(17)27-12-19(24)25)16-8-9-21-20(23-16)22-14-4-3-5-15(11-14)26-2/h3-11H,12H2,1-2H3,(H,21,22,23)/p+1. The highest BCUT2D eigenvalue weighted by atomic mass is 16.5. The lowest BCUT2D eigenvalue weighted by molar-refractivity contribution is -0.487. The molecule has 0 saturated heterocycles. The Morgan fingerprint density at radius 3 is 2.93 bits per heavy atom. The van der Waals surface area contributed by atoms with Gasteiger partial charge in [0.25, 0.3) is 5.91 Å². The predicted octanol–water partition coefficient (Wildman–Crippen LogP) is 2.03. The van der Waals surface area contributed by atoms with Crippen molar-refractivity contribution < 1.29 is 19.6 Å². The molecule has 1 amide bonds. The fourth-order valence-corrected chi connectivity index (χ4v) is 2.92. The summed E-state index contributed by atoms with van der Waals surface area (Å²) in [7, 11) is 3.38. The third-order valence-corrected chi connectivity index (χ3v) is 4.41. The third kappa shape index (κ3) is 3.45. The molecule has 0 atom stereocenters. The van der Waals surface area contributed by atoms with Crippen LogP contribution in [0.4, 0.5) is 17.3 Å². The lowest BCUT2D eigenvalue weighted by Gasteiger charge is -2.26.